The lowest BCUT2D eigenvalue weighted by Gasteiger charge is -2.13. The maximum Gasteiger partial charge on any atom is 0.332 e. The Morgan fingerprint density at radius 2 is 1.82 bits per heavy atom. The summed E-state index contributed by atoms with van der Waals surface area (Å²) in [4.78, 5) is 33.7. The van der Waals surface area contributed by atoms with Gasteiger partial charge in [-0.05, 0) is 12.8 Å². The fourth-order valence-electron chi connectivity index (χ4n) is 2.17. The molecule has 0 N–H and O–H groups in total. The lowest BCUT2D eigenvalue weighted by Crippen LogP contribution is -2.38. The molecule has 0 radical (unpaired) electrons. The second-order valence-electron chi connectivity index (χ2n) is 5.44. The number of hydrogen-bond acceptors (Lipinski definition) is 5. The van der Waals surface area contributed by atoms with E-state index in [4.69, 9.17) is 0 Å². The molecular formula is C15H22N4O2S. The van der Waals surface area contributed by atoms with Crippen LogP contribution in [0.3, 0.4) is 0 Å². The highest BCUT2D eigenvalue weighted by Crippen LogP contribution is 2.27. The molecule has 0 aliphatic carbocycles. The van der Waals surface area contributed by atoms with Crippen LogP contribution in [-0.2, 0) is 20.5 Å². The van der Waals surface area contributed by atoms with Crippen molar-refractivity contribution in [2.24, 2.45) is 14.1 Å². The highest BCUT2D eigenvalue weighted by molar-refractivity contribution is 8.00. The van der Waals surface area contributed by atoms with Crippen molar-refractivity contribution in [3.05, 3.63) is 26.7 Å². The third-order valence-electron chi connectivity index (χ3n) is 3.67. The van der Waals surface area contributed by atoms with Crippen molar-refractivity contribution in [3.63, 3.8) is 0 Å². The lowest BCUT2D eigenvalue weighted by atomic mass is 10.3. The highest BCUT2D eigenvalue weighted by Gasteiger charge is 2.18. The van der Waals surface area contributed by atoms with Crippen molar-refractivity contribution < 1.29 is 0 Å². The number of nitrogens with zero attached hydrogens (tertiary/aromatic N) is 4. The number of rotatable bonds is 5. The van der Waals surface area contributed by atoms with E-state index in [9.17, 15) is 9.59 Å². The average molecular weight is 322 g/mol. The minimum atomic E-state index is -0.363. The molecule has 0 fully saturated rings. The molecule has 0 aliphatic heterocycles. The maximum atomic E-state index is 12.5. The molecule has 0 saturated heterocycles. The van der Waals surface area contributed by atoms with Crippen LogP contribution in [0.5, 0.6) is 0 Å². The van der Waals surface area contributed by atoms with E-state index in [1.54, 1.807) is 18.8 Å². The van der Waals surface area contributed by atoms with E-state index in [1.165, 1.54) is 11.6 Å². The van der Waals surface area contributed by atoms with E-state index in [0.717, 1.165) is 23.8 Å². The highest BCUT2D eigenvalue weighted by atomic mass is 32.2. The van der Waals surface area contributed by atoms with Crippen molar-refractivity contribution in [1.29, 1.82) is 0 Å². The Balaban J connectivity index is 2.85. The molecule has 2 heterocycles. The Hall–Kier alpha value is -1.63. The monoisotopic (exact) mass is 322 g/mol. The second kappa shape index (κ2) is 6.64. The Kier molecular flexibility index (Phi) is 5.05. The summed E-state index contributed by atoms with van der Waals surface area (Å²) in [6.45, 7) is 6.25. The SMILES string of the molecule is CCCc1nc(S[C@@H](C)CC)c2c(=O)n(C)c(=O)n(C)c2n1. The van der Waals surface area contributed by atoms with Crippen molar-refractivity contribution in [3.8, 4) is 0 Å². The van der Waals surface area contributed by atoms with E-state index in [2.05, 4.69) is 30.7 Å². The molecule has 0 amide bonds. The Labute approximate surface area is 133 Å². The maximum absolute atomic E-state index is 12.5. The molecule has 0 bridgehead atoms. The third kappa shape index (κ3) is 2.95. The van der Waals surface area contributed by atoms with Gasteiger partial charge in [-0.25, -0.2) is 14.8 Å². The van der Waals surface area contributed by atoms with Crippen LogP contribution in [0, 0.1) is 0 Å². The third-order valence-corrected chi connectivity index (χ3v) is 4.93. The second-order valence-corrected chi connectivity index (χ2v) is 6.86. The molecule has 0 saturated carbocycles. The van der Waals surface area contributed by atoms with E-state index < -0.39 is 0 Å². The van der Waals surface area contributed by atoms with Crippen LogP contribution < -0.4 is 11.2 Å². The average Bonchev–Trinajstić information content (AvgIpc) is 2.50. The van der Waals surface area contributed by atoms with Gasteiger partial charge in [-0.15, -0.1) is 11.8 Å². The van der Waals surface area contributed by atoms with Gasteiger partial charge in [-0.2, -0.15) is 0 Å². The predicted octanol–water partition coefficient (Wildman–Crippen LogP) is 1.87. The van der Waals surface area contributed by atoms with Crippen LogP contribution >= 0.6 is 11.8 Å². The summed E-state index contributed by atoms with van der Waals surface area (Å²) < 4.78 is 2.55. The first-order valence-electron chi connectivity index (χ1n) is 7.53. The molecule has 2 aromatic heterocycles. The zero-order valence-corrected chi connectivity index (χ0v) is 14.5. The van der Waals surface area contributed by atoms with Gasteiger partial charge in [-0.1, -0.05) is 20.8 Å². The molecule has 0 aliphatic rings. The van der Waals surface area contributed by atoms with Gasteiger partial charge in [0.25, 0.3) is 5.56 Å². The minimum absolute atomic E-state index is 0.327. The first-order chi connectivity index (χ1) is 10.4. The van der Waals surface area contributed by atoms with E-state index in [-0.39, 0.29) is 11.2 Å². The van der Waals surface area contributed by atoms with Crippen LogP contribution in [0.25, 0.3) is 11.0 Å². The van der Waals surface area contributed by atoms with Crippen molar-refractivity contribution in [1.82, 2.24) is 19.1 Å². The fraction of sp³-hybridized carbons (Fsp3) is 0.600. The van der Waals surface area contributed by atoms with Crippen LogP contribution in [0.2, 0.25) is 0 Å². The molecule has 1 atom stereocenters. The van der Waals surface area contributed by atoms with Crippen molar-refractivity contribution >= 4 is 22.8 Å². The molecule has 0 unspecified atom stereocenters. The zero-order chi connectivity index (χ0) is 16.4. The van der Waals surface area contributed by atoms with Crippen LogP contribution in [0.4, 0.5) is 0 Å². The normalized spacial score (nSPS) is 12.8. The van der Waals surface area contributed by atoms with Crippen molar-refractivity contribution in [2.75, 3.05) is 0 Å². The van der Waals surface area contributed by atoms with Gasteiger partial charge in [0.15, 0.2) is 5.65 Å². The standard InChI is InChI=1S/C15H22N4O2S/c1-6-8-10-16-12-11(13(17-10)22-9(3)7-2)14(20)19(5)15(21)18(12)4/h9H,6-8H2,1-5H3/t9-/m0/s1. The Bertz CT molecular complexity index is 810. The summed E-state index contributed by atoms with van der Waals surface area (Å²) in [5, 5.41) is 1.46. The molecule has 0 aromatic carbocycles. The van der Waals surface area contributed by atoms with Gasteiger partial charge in [0.2, 0.25) is 0 Å². The largest absolute Gasteiger partial charge is 0.332 e. The van der Waals surface area contributed by atoms with Crippen molar-refractivity contribution in [2.45, 2.75) is 50.3 Å². The first-order valence-corrected chi connectivity index (χ1v) is 8.41. The molecule has 6 nitrogen and oxygen atoms in total. The van der Waals surface area contributed by atoms with Crippen LogP contribution in [0.1, 0.15) is 39.4 Å². The van der Waals surface area contributed by atoms with Gasteiger partial charge < -0.3 is 0 Å². The predicted molar refractivity (Wildman–Crippen MR) is 89.6 cm³/mol. The van der Waals surface area contributed by atoms with Gasteiger partial charge in [0, 0.05) is 25.8 Å². The van der Waals surface area contributed by atoms with E-state index >= 15 is 0 Å². The molecule has 120 valence electrons. The molecule has 22 heavy (non-hydrogen) atoms. The summed E-state index contributed by atoms with van der Waals surface area (Å²) in [6, 6.07) is 0. The molecule has 2 rings (SSSR count). The van der Waals surface area contributed by atoms with Gasteiger partial charge in [0.1, 0.15) is 16.2 Å². The number of aryl methyl sites for hydroxylation is 2. The molecular weight excluding hydrogens is 300 g/mol. The minimum Gasteiger partial charge on any atom is -0.280 e. The van der Waals surface area contributed by atoms with Gasteiger partial charge in [0.05, 0.1) is 0 Å². The number of fused-ring (bicyclic) bond motifs is 1. The van der Waals surface area contributed by atoms with Gasteiger partial charge in [-0.3, -0.25) is 13.9 Å². The molecule has 2 aromatic rings. The zero-order valence-electron chi connectivity index (χ0n) is 13.7. The van der Waals surface area contributed by atoms with Crippen LogP contribution in [0.15, 0.2) is 14.6 Å². The summed E-state index contributed by atoms with van der Waals surface area (Å²) in [6.07, 6.45) is 2.62. The van der Waals surface area contributed by atoms with E-state index in [1.807, 2.05) is 0 Å². The number of hydrogen-bond donors (Lipinski definition) is 0. The first kappa shape index (κ1) is 16.7. The summed E-state index contributed by atoms with van der Waals surface area (Å²) in [7, 11) is 3.13. The molecule has 0 spiro atoms. The quantitative estimate of drug-likeness (QED) is 0.621. The van der Waals surface area contributed by atoms with E-state index in [0.29, 0.717) is 27.1 Å². The Morgan fingerprint density at radius 3 is 2.41 bits per heavy atom. The van der Waals surface area contributed by atoms with Crippen LogP contribution in [-0.4, -0.2) is 24.4 Å². The lowest BCUT2D eigenvalue weighted by molar-refractivity contribution is 0.695. The molecule has 7 heteroatoms. The summed E-state index contributed by atoms with van der Waals surface area (Å²) >= 11 is 1.57. The topological polar surface area (TPSA) is 69.8 Å². The Morgan fingerprint density at radius 1 is 1.14 bits per heavy atom. The summed E-state index contributed by atoms with van der Waals surface area (Å²) in [5.74, 6) is 0.684. The van der Waals surface area contributed by atoms with Gasteiger partial charge >= 0.3 is 5.69 Å². The number of aromatic nitrogens is 4. The fourth-order valence-corrected chi connectivity index (χ4v) is 3.17. The smallest absolute Gasteiger partial charge is 0.280 e. The number of thioether (sulfide) groups is 1. The summed E-state index contributed by atoms with van der Waals surface area (Å²) in [5.41, 5.74) is -0.262.